The van der Waals surface area contributed by atoms with Crippen LogP contribution in [0.5, 0.6) is 11.5 Å². The molecule has 0 atom stereocenters. The van der Waals surface area contributed by atoms with Crippen molar-refractivity contribution >= 4 is 27.5 Å². The molecule has 1 aliphatic rings. The standard InChI is InChI=1S/C22H27ClN2O5S/c1-29-20-7-2-3-8-21(20)30-14-11-24-22(26)18-9-12-25(13-10-18)31(27,28)16-17-5-4-6-19(23)15-17/h2-8,15,18H,9-14,16H2,1H3,(H,24,26). The fourth-order valence-electron chi connectivity index (χ4n) is 3.54. The number of hydrogen-bond donors (Lipinski definition) is 1. The molecule has 2 aromatic carbocycles. The number of methoxy groups -OCH3 is 1. The molecular formula is C22H27ClN2O5S. The number of ether oxygens (including phenoxy) is 2. The Morgan fingerprint density at radius 2 is 1.84 bits per heavy atom. The molecule has 0 bridgehead atoms. The maximum Gasteiger partial charge on any atom is 0.223 e. The van der Waals surface area contributed by atoms with Crippen molar-refractivity contribution in [2.45, 2.75) is 18.6 Å². The lowest BCUT2D eigenvalue weighted by Crippen LogP contribution is -2.43. The van der Waals surface area contributed by atoms with Crippen molar-refractivity contribution in [2.75, 3.05) is 33.4 Å². The second-order valence-corrected chi connectivity index (χ2v) is 9.76. The topological polar surface area (TPSA) is 84.9 Å². The molecule has 1 fully saturated rings. The van der Waals surface area contributed by atoms with E-state index in [1.165, 1.54) is 4.31 Å². The molecule has 1 N–H and O–H groups in total. The maximum atomic E-state index is 12.7. The minimum Gasteiger partial charge on any atom is -0.493 e. The van der Waals surface area contributed by atoms with Crippen LogP contribution in [0.15, 0.2) is 48.5 Å². The SMILES string of the molecule is COc1ccccc1OCCNC(=O)C1CCN(S(=O)(=O)Cc2cccc(Cl)c2)CC1. The molecule has 1 amide bonds. The van der Waals surface area contributed by atoms with Crippen LogP contribution in [0.1, 0.15) is 18.4 Å². The molecule has 0 aliphatic carbocycles. The minimum absolute atomic E-state index is 0.0736. The predicted molar refractivity (Wildman–Crippen MR) is 120 cm³/mol. The normalized spacial score (nSPS) is 15.4. The van der Waals surface area contributed by atoms with Gasteiger partial charge in [-0.05, 0) is 42.7 Å². The molecule has 0 spiro atoms. The Bertz CT molecular complexity index is 991. The summed E-state index contributed by atoms with van der Waals surface area (Å²) in [5.41, 5.74) is 0.655. The maximum absolute atomic E-state index is 12.7. The van der Waals surface area contributed by atoms with Crippen LogP contribution >= 0.6 is 11.6 Å². The average Bonchev–Trinajstić information content (AvgIpc) is 2.76. The van der Waals surface area contributed by atoms with E-state index in [1.807, 2.05) is 18.2 Å². The second kappa shape index (κ2) is 10.8. The van der Waals surface area contributed by atoms with Crippen LogP contribution in [-0.2, 0) is 20.6 Å². The molecule has 31 heavy (non-hydrogen) atoms. The summed E-state index contributed by atoms with van der Waals surface area (Å²) in [5.74, 6) is 0.891. The molecule has 2 aromatic rings. The lowest BCUT2D eigenvalue weighted by molar-refractivity contribution is -0.126. The summed E-state index contributed by atoms with van der Waals surface area (Å²) in [7, 11) is -1.87. The van der Waals surface area contributed by atoms with Gasteiger partial charge < -0.3 is 14.8 Å². The van der Waals surface area contributed by atoms with Crippen LogP contribution in [0, 0.1) is 5.92 Å². The first-order valence-electron chi connectivity index (χ1n) is 10.1. The van der Waals surface area contributed by atoms with Crippen molar-refractivity contribution in [1.82, 2.24) is 9.62 Å². The fourth-order valence-corrected chi connectivity index (χ4v) is 5.31. The Labute approximate surface area is 188 Å². The molecule has 3 rings (SSSR count). The summed E-state index contributed by atoms with van der Waals surface area (Å²) in [5, 5.41) is 3.38. The lowest BCUT2D eigenvalue weighted by atomic mass is 9.97. The van der Waals surface area contributed by atoms with Gasteiger partial charge in [0.25, 0.3) is 0 Å². The number of nitrogens with zero attached hydrogens (tertiary/aromatic N) is 1. The molecule has 9 heteroatoms. The van der Waals surface area contributed by atoms with E-state index in [4.69, 9.17) is 21.1 Å². The Balaban J connectivity index is 1.42. The van der Waals surface area contributed by atoms with Crippen LogP contribution in [0.3, 0.4) is 0 Å². The molecule has 1 heterocycles. The van der Waals surface area contributed by atoms with Gasteiger partial charge in [-0.25, -0.2) is 12.7 Å². The lowest BCUT2D eigenvalue weighted by Gasteiger charge is -2.30. The highest BCUT2D eigenvalue weighted by Gasteiger charge is 2.31. The van der Waals surface area contributed by atoms with Gasteiger partial charge in [0.2, 0.25) is 15.9 Å². The van der Waals surface area contributed by atoms with Crippen molar-refractivity contribution in [2.24, 2.45) is 5.92 Å². The van der Waals surface area contributed by atoms with Gasteiger partial charge in [-0.15, -0.1) is 0 Å². The van der Waals surface area contributed by atoms with Crippen molar-refractivity contribution < 1.29 is 22.7 Å². The number of para-hydroxylation sites is 2. The fraction of sp³-hybridized carbons (Fsp3) is 0.409. The van der Waals surface area contributed by atoms with E-state index in [1.54, 1.807) is 37.4 Å². The minimum atomic E-state index is -3.45. The van der Waals surface area contributed by atoms with Gasteiger partial charge in [0, 0.05) is 24.0 Å². The number of piperidine rings is 1. The Kier molecular flexibility index (Phi) is 8.17. The number of nitrogens with one attached hydrogen (secondary N) is 1. The van der Waals surface area contributed by atoms with E-state index in [0.717, 1.165) is 0 Å². The van der Waals surface area contributed by atoms with Crippen LogP contribution in [0.4, 0.5) is 0 Å². The number of rotatable bonds is 9. The first-order valence-corrected chi connectivity index (χ1v) is 12.1. The van der Waals surface area contributed by atoms with E-state index in [9.17, 15) is 13.2 Å². The first kappa shape index (κ1) is 23.4. The quantitative estimate of drug-likeness (QED) is 0.574. The van der Waals surface area contributed by atoms with Crippen LogP contribution < -0.4 is 14.8 Å². The summed E-state index contributed by atoms with van der Waals surface area (Å²) in [6, 6.07) is 14.2. The highest BCUT2D eigenvalue weighted by atomic mass is 35.5. The van der Waals surface area contributed by atoms with Gasteiger partial charge in [0.1, 0.15) is 6.61 Å². The molecule has 0 saturated carbocycles. The predicted octanol–water partition coefficient (Wildman–Crippen LogP) is 3.09. The monoisotopic (exact) mass is 466 g/mol. The van der Waals surface area contributed by atoms with Crippen molar-refractivity contribution in [3.05, 3.63) is 59.1 Å². The number of halogens is 1. The average molecular weight is 467 g/mol. The molecule has 0 unspecified atom stereocenters. The van der Waals surface area contributed by atoms with E-state index in [0.29, 0.717) is 61.2 Å². The van der Waals surface area contributed by atoms with E-state index < -0.39 is 10.0 Å². The Morgan fingerprint density at radius 3 is 2.52 bits per heavy atom. The molecule has 0 aromatic heterocycles. The van der Waals surface area contributed by atoms with Gasteiger partial charge in [-0.2, -0.15) is 0 Å². The second-order valence-electron chi connectivity index (χ2n) is 7.35. The Hall–Kier alpha value is -2.29. The zero-order valence-electron chi connectivity index (χ0n) is 17.4. The third-order valence-electron chi connectivity index (χ3n) is 5.18. The van der Waals surface area contributed by atoms with Gasteiger partial charge in [0.05, 0.1) is 19.4 Å². The highest BCUT2D eigenvalue weighted by molar-refractivity contribution is 7.88. The first-order chi connectivity index (χ1) is 14.9. The largest absolute Gasteiger partial charge is 0.493 e. The van der Waals surface area contributed by atoms with Crippen molar-refractivity contribution in [1.29, 1.82) is 0 Å². The zero-order valence-corrected chi connectivity index (χ0v) is 19.0. The summed E-state index contributed by atoms with van der Waals surface area (Å²) < 4.78 is 37.7. The van der Waals surface area contributed by atoms with Crippen LogP contribution in [0.2, 0.25) is 5.02 Å². The van der Waals surface area contributed by atoms with Gasteiger partial charge in [-0.1, -0.05) is 35.9 Å². The number of sulfonamides is 1. The van der Waals surface area contributed by atoms with Gasteiger partial charge in [0.15, 0.2) is 11.5 Å². The van der Waals surface area contributed by atoms with E-state index >= 15 is 0 Å². The number of amides is 1. The van der Waals surface area contributed by atoms with Gasteiger partial charge in [-0.3, -0.25) is 4.79 Å². The van der Waals surface area contributed by atoms with Crippen molar-refractivity contribution in [3.8, 4) is 11.5 Å². The number of hydrogen-bond acceptors (Lipinski definition) is 5. The highest BCUT2D eigenvalue weighted by Crippen LogP contribution is 2.26. The summed E-state index contributed by atoms with van der Waals surface area (Å²) in [6.45, 7) is 1.35. The number of benzene rings is 2. The molecule has 7 nitrogen and oxygen atoms in total. The summed E-state index contributed by atoms with van der Waals surface area (Å²) in [4.78, 5) is 12.4. The van der Waals surface area contributed by atoms with Gasteiger partial charge >= 0.3 is 0 Å². The smallest absolute Gasteiger partial charge is 0.223 e. The third-order valence-corrected chi connectivity index (χ3v) is 7.27. The zero-order chi connectivity index (χ0) is 22.3. The number of carbonyl (C=O) groups excluding carboxylic acids is 1. The third kappa shape index (κ3) is 6.59. The molecule has 0 radical (unpaired) electrons. The van der Waals surface area contributed by atoms with Crippen molar-refractivity contribution in [3.63, 3.8) is 0 Å². The van der Waals surface area contributed by atoms with Crippen LogP contribution in [-0.4, -0.2) is 52.0 Å². The Morgan fingerprint density at radius 1 is 1.13 bits per heavy atom. The van der Waals surface area contributed by atoms with Crippen LogP contribution in [0.25, 0.3) is 0 Å². The summed E-state index contributed by atoms with van der Waals surface area (Å²) in [6.07, 6.45) is 0.988. The van der Waals surface area contributed by atoms with E-state index in [2.05, 4.69) is 5.32 Å². The summed E-state index contributed by atoms with van der Waals surface area (Å²) >= 11 is 5.95. The molecule has 168 valence electrons. The molecule has 1 saturated heterocycles. The molecular weight excluding hydrogens is 440 g/mol. The van der Waals surface area contributed by atoms with E-state index in [-0.39, 0.29) is 17.6 Å². The number of carbonyl (C=O) groups is 1. The molecule has 1 aliphatic heterocycles.